The third-order valence-electron chi connectivity index (χ3n) is 5.06. The molecule has 1 fully saturated rings. The minimum atomic E-state index is -0.368. The molecule has 0 spiro atoms. The van der Waals surface area contributed by atoms with Crippen LogP contribution in [0, 0.1) is 0 Å². The zero-order valence-corrected chi connectivity index (χ0v) is 14.7. The SMILES string of the molecule is CCC(CC)(CCO)NC(=O)c1cccc(CN2CCCC2=O)c1. The van der Waals surface area contributed by atoms with Crippen molar-refractivity contribution in [3.05, 3.63) is 35.4 Å². The molecule has 0 bridgehead atoms. The third kappa shape index (κ3) is 4.35. The van der Waals surface area contributed by atoms with Gasteiger partial charge in [-0.3, -0.25) is 9.59 Å². The Bertz CT molecular complexity index is 582. The topological polar surface area (TPSA) is 69.6 Å². The zero-order valence-electron chi connectivity index (χ0n) is 14.7. The molecule has 0 radical (unpaired) electrons. The second kappa shape index (κ2) is 8.29. The Labute approximate surface area is 144 Å². The average molecular weight is 332 g/mol. The number of aliphatic hydroxyl groups is 1. The van der Waals surface area contributed by atoms with Crippen LogP contribution in [0.1, 0.15) is 61.9 Å². The minimum absolute atomic E-state index is 0.0546. The van der Waals surface area contributed by atoms with E-state index in [0.29, 0.717) is 24.9 Å². The summed E-state index contributed by atoms with van der Waals surface area (Å²) in [5.74, 6) is 0.0607. The van der Waals surface area contributed by atoms with E-state index >= 15 is 0 Å². The first-order valence-electron chi connectivity index (χ1n) is 8.83. The summed E-state index contributed by atoms with van der Waals surface area (Å²) < 4.78 is 0. The van der Waals surface area contributed by atoms with Crippen LogP contribution in [-0.2, 0) is 11.3 Å². The number of hydrogen-bond acceptors (Lipinski definition) is 3. The summed E-state index contributed by atoms with van der Waals surface area (Å²) in [6, 6.07) is 7.45. The molecule has 1 aromatic carbocycles. The van der Waals surface area contributed by atoms with E-state index in [2.05, 4.69) is 5.32 Å². The van der Waals surface area contributed by atoms with Gasteiger partial charge in [-0.15, -0.1) is 0 Å². The molecule has 1 aromatic rings. The Morgan fingerprint density at radius 2 is 2.08 bits per heavy atom. The largest absolute Gasteiger partial charge is 0.396 e. The number of carbonyl (C=O) groups is 2. The van der Waals surface area contributed by atoms with Crippen LogP contribution in [0.15, 0.2) is 24.3 Å². The van der Waals surface area contributed by atoms with E-state index in [-0.39, 0.29) is 24.0 Å². The molecule has 0 saturated carbocycles. The van der Waals surface area contributed by atoms with Crippen molar-refractivity contribution in [1.29, 1.82) is 0 Å². The molecule has 132 valence electrons. The van der Waals surface area contributed by atoms with E-state index in [0.717, 1.165) is 31.4 Å². The second-order valence-electron chi connectivity index (χ2n) is 6.53. The van der Waals surface area contributed by atoms with Crippen LogP contribution in [0.25, 0.3) is 0 Å². The molecule has 2 amide bonds. The molecule has 0 aliphatic carbocycles. The zero-order chi connectivity index (χ0) is 17.6. The van der Waals surface area contributed by atoms with E-state index in [1.807, 2.05) is 36.9 Å². The lowest BCUT2D eigenvalue weighted by Crippen LogP contribution is -2.48. The average Bonchev–Trinajstić information content (AvgIpc) is 2.99. The summed E-state index contributed by atoms with van der Waals surface area (Å²) in [5.41, 5.74) is 1.20. The Morgan fingerprint density at radius 3 is 2.67 bits per heavy atom. The van der Waals surface area contributed by atoms with E-state index in [4.69, 9.17) is 0 Å². The number of aliphatic hydroxyl groups excluding tert-OH is 1. The molecule has 0 aromatic heterocycles. The van der Waals surface area contributed by atoms with Gasteiger partial charge in [-0.2, -0.15) is 0 Å². The maximum atomic E-state index is 12.6. The van der Waals surface area contributed by atoms with Gasteiger partial charge in [0.25, 0.3) is 5.91 Å². The second-order valence-corrected chi connectivity index (χ2v) is 6.53. The molecule has 1 aliphatic rings. The summed E-state index contributed by atoms with van der Waals surface area (Å²) >= 11 is 0. The van der Waals surface area contributed by atoms with Crippen LogP contribution < -0.4 is 5.32 Å². The van der Waals surface area contributed by atoms with Gasteiger partial charge in [0, 0.05) is 37.2 Å². The van der Waals surface area contributed by atoms with Crippen molar-refractivity contribution in [3.63, 3.8) is 0 Å². The highest BCUT2D eigenvalue weighted by Gasteiger charge is 2.28. The number of benzene rings is 1. The van der Waals surface area contributed by atoms with E-state index in [9.17, 15) is 14.7 Å². The summed E-state index contributed by atoms with van der Waals surface area (Å²) in [4.78, 5) is 26.2. The monoisotopic (exact) mass is 332 g/mol. The van der Waals surface area contributed by atoms with Crippen LogP contribution in [0.2, 0.25) is 0 Å². The lowest BCUT2D eigenvalue weighted by atomic mass is 9.89. The molecule has 0 unspecified atom stereocenters. The molecule has 1 heterocycles. The quantitative estimate of drug-likeness (QED) is 0.768. The summed E-state index contributed by atoms with van der Waals surface area (Å²) in [6.45, 7) is 5.45. The Morgan fingerprint density at radius 1 is 1.33 bits per heavy atom. The van der Waals surface area contributed by atoms with Gasteiger partial charge in [0.1, 0.15) is 0 Å². The highest BCUT2D eigenvalue weighted by Crippen LogP contribution is 2.21. The molecule has 24 heavy (non-hydrogen) atoms. The van der Waals surface area contributed by atoms with Gasteiger partial charge in [0.05, 0.1) is 0 Å². The number of likely N-dealkylation sites (tertiary alicyclic amines) is 1. The van der Waals surface area contributed by atoms with Crippen LogP contribution in [0.5, 0.6) is 0 Å². The standard InChI is InChI=1S/C19H28N2O3/c1-3-19(4-2,10-12-22)20-18(24)16-8-5-7-15(13-16)14-21-11-6-9-17(21)23/h5,7-8,13,22H,3-4,6,9-12,14H2,1-2H3,(H,20,24). The first-order valence-corrected chi connectivity index (χ1v) is 8.83. The number of nitrogens with zero attached hydrogens (tertiary/aromatic N) is 1. The lowest BCUT2D eigenvalue weighted by molar-refractivity contribution is -0.128. The van der Waals surface area contributed by atoms with Gasteiger partial charge in [-0.25, -0.2) is 0 Å². The maximum Gasteiger partial charge on any atom is 0.251 e. The van der Waals surface area contributed by atoms with Crippen LogP contribution >= 0.6 is 0 Å². The molecule has 2 N–H and O–H groups in total. The molecule has 1 saturated heterocycles. The van der Waals surface area contributed by atoms with Crippen molar-refractivity contribution < 1.29 is 14.7 Å². The minimum Gasteiger partial charge on any atom is -0.396 e. The molecule has 5 nitrogen and oxygen atoms in total. The first-order chi connectivity index (χ1) is 11.5. The Hall–Kier alpha value is -1.88. The highest BCUT2D eigenvalue weighted by atomic mass is 16.3. The van der Waals surface area contributed by atoms with E-state index < -0.39 is 0 Å². The van der Waals surface area contributed by atoms with Crippen molar-refractivity contribution in [3.8, 4) is 0 Å². The number of rotatable bonds is 8. The van der Waals surface area contributed by atoms with E-state index in [1.165, 1.54) is 0 Å². The summed E-state index contributed by atoms with van der Waals surface area (Å²) in [5, 5.41) is 12.4. The first kappa shape index (κ1) is 18.5. The third-order valence-corrected chi connectivity index (χ3v) is 5.06. The summed E-state index contributed by atoms with van der Waals surface area (Å²) in [6.07, 6.45) is 3.63. The van der Waals surface area contributed by atoms with Gasteiger partial charge < -0.3 is 15.3 Å². The maximum absolute atomic E-state index is 12.6. The van der Waals surface area contributed by atoms with Crippen molar-refractivity contribution in [1.82, 2.24) is 10.2 Å². The Balaban J connectivity index is 2.09. The van der Waals surface area contributed by atoms with E-state index in [1.54, 1.807) is 6.07 Å². The number of carbonyl (C=O) groups excluding carboxylic acids is 2. The molecule has 1 aliphatic heterocycles. The van der Waals surface area contributed by atoms with Crippen molar-refractivity contribution in [2.75, 3.05) is 13.2 Å². The number of nitrogens with one attached hydrogen (secondary N) is 1. The smallest absolute Gasteiger partial charge is 0.251 e. The Kier molecular flexibility index (Phi) is 6.37. The van der Waals surface area contributed by atoms with Gasteiger partial charge in [0.2, 0.25) is 5.91 Å². The van der Waals surface area contributed by atoms with Crippen LogP contribution in [0.4, 0.5) is 0 Å². The summed E-state index contributed by atoms with van der Waals surface area (Å²) in [7, 11) is 0. The van der Waals surface area contributed by atoms with Gasteiger partial charge in [-0.05, 0) is 43.4 Å². The fourth-order valence-corrected chi connectivity index (χ4v) is 3.27. The van der Waals surface area contributed by atoms with Crippen molar-refractivity contribution in [2.45, 2.75) is 58.0 Å². The lowest BCUT2D eigenvalue weighted by Gasteiger charge is -2.32. The molecule has 2 rings (SSSR count). The number of hydrogen-bond donors (Lipinski definition) is 2. The molecular formula is C19H28N2O3. The fourth-order valence-electron chi connectivity index (χ4n) is 3.27. The predicted molar refractivity (Wildman–Crippen MR) is 93.6 cm³/mol. The van der Waals surface area contributed by atoms with Crippen molar-refractivity contribution >= 4 is 11.8 Å². The number of amides is 2. The molecule has 5 heteroatoms. The molecule has 0 atom stereocenters. The molecular weight excluding hydrogens is 304 g/mol. The predicted octanol–water partition coefficient (Wildman–Crippen LogP) is 2.48. The van der Waals surface area contributed by atoms with Gasteiger partial charge in [-0.1, -0.05) is 26.0 Å². The van der Waals surface area contributed by atoms with Crippen LogP contribution in [0.3, 0.4) is 0 Å². The van der Waals surface area contributed by atoms with Gasteiger partial charge >= 0.3 is 0 Å². The fraction of sp³-hybridized carbons (Fsp3) is 0.579. The van der Waals surface area contributed by atoms with Gasteiger partial charge in [0.15, 0.2) is 0 Å². The van der Waals surface area contributed by atoms with Crippen LogP contribution in [-0.4, -0.2) is 40.5 Å². The normalized spacial score (nSPS) is 15.0. The highest BCUT2D eigenvalue weighted by molar-refractivity contribution is 5.94. The van der Waals surface area contributed by atoms with Crippen molar-refractivity contribution in [2.24, 2.45) is 0 Å².